The van der Waals surface area contributed by atoms with E-state index in [1.165, 1.54) is 18.7 Å². The first-order chi connectivity index (χ1) is 13.0. The number of rotatable bonds is 6. The predicted molar refractivity (Wildman–Crippen MR) is 106 cm³/mol. The molecule has 2 N–H and O–H groups in total. The van der Waals surface area contributed by atoms with Crippen molar-refractivity contribution in [3.63, 3.8) is 0 Å². The second kappa shape index (κ2) is 8.50. The van der Waals surface area contributed by atoms with Gasteiger partial charge in [-0.25, -0.2) is 0 Å². The van der Waals surface area contributed by atoms with Crippen LogP contribution >= 0.6 is 11.8 Å². The van der Waals surface area contributed by atoms with Crippen LogP contribution in [0.4, 0.5) is 11.4 Å². The van der Waals surface area contributed by atoms with Gasteiger partial charge in [-0.2, -0.15) is 0 Å². The number of carbonyl (C=O) groups is 2. The van der Waals surface area contributed by atoms with Crippen molar-refractivity contribution in [2.75, 3.05) is 10.6 Å². The molecular formula is C19H19N5O2S. The molecule has 0 aliphatic carbocycles. The van der Waals surface area contributed by atoms with E-state index in [1.807, 2.05) is 55.5 Å². The van der Waals surface area contributed by atoms with E-state index in [0.717, 1.165) is 11.4 Å². The number of thioether (sulfide) groups is 1. The van der Waals surface area contributed by atoms with E-state index in [2.05, 4.69) is 20.8 Å². The Balaban J connectivity index is 1.73. The maximum Gasteiger partial charge on any atom is 0.237 e. The van der Waals surface area contributed by atoms with Crippen molar-refractivity contribution in [3.05, 3.63) is 60.9 Å². The van der Waals surface area contributed by atoms with Crippen LogP contribution in [0, 0.1) is 0 Å². The Bertz CT molecular complexity index is 942. The van der Waals surface area contributed by atoms with Crippen molar-refractivity contribution in [2.45, 2.75) is 24.3 Å². The Labute approximate surface area is 161 Å². The summed E-state index contributed by atoms with van der Waals surface area (Å²) in [5, 5.41) is 13.9. The van der Waals surface area contributed by atoms with Crippen molar-refractivity contribution in [3.8, 4) is 5.69 Å². The molecular weight excluding hydrogens is 362 g/mol. The topological polar surface area (TPSA) is 88.9 Å². The van der Waals surface area contributed by atoms with Crippen LogP contribution in [0.1, 0.15) is 13.8 Å². The minimum Gasteiger partial charge on any atom is -0.326 e. The number of hydrogen-bond donors (Lipinski definition) is 2. The van der Waals surface area contributed by atoms with Gasteiger partial charge in [-0.15, -0.1) is 10.2 Å². The molecule has 0 bridgehead atoms. The molecule has 1 aromatic heterocycles. The monoisotopic (exact) mass is 381 g/mol. The SMILES string of the molecule is CC(=O)Nc1cccc(-n2cnnc2S[C@@H](C)C(=O)Nc2ccccc2)c1. The number of amides is 2. The zero-order chi connectivity index (χ0) is 19.2. The third-order valence-corrected chi connectivity index (χ3v) is 4.71. The van der Waals surface area contributed by atoms with Crippen LogP contribution in [0.25, 0.3) is 5.69 Å². The Kier molecular flexibility index (Phi) is 5.87. The summed E-state index contributed by atoms with van der Waals surface area (Å²) >= 11 is 1.31. The highest BCUT2D eigenvalue weighted by molar-refractivity contribution is 8.00. The number of benzene rings is 2. The number of hydrogen-bond acceptors (Lipinski definition) is 5. The standard InChI is InChI=1S/C19H19N5O2S/c1-13(18(26)22-15-7-4-3-5-8-15)27-19-23-20-12-24(19)17-10-6-9-16(11-17)21-14(2)25/h3-13H,1-2H3,(H,21,25)(H,22,26)/t13-/m0/s1. The van der Waals surface area contributed by atoms with Gasteiger partial charge in [0.2, 0.25) is 11.8 Å². The van der Waals surface area contributed by atoms with Gasteiger partial charge in [0.05, 0.1) is 10.9 Å². The second-order valence-electron chi connectivity index (χ2n) is 5.83. The first-order valence-electron chi connectivity index (χ1n) is 8.33. The van der Waals surface area contributed by atoms with E-state index in [4.69, 9.17) is 0 Å². The normalized spacial score (nSPS) is 11.6. The minimum atomic E-state index is -0.369. The molecule has 0 saturated carbocycles. The van der Waals surface area contributed by atoms with Crippen molar-refractivity contribution in [1.82, 2.24) is 14.8 Å². The zero-order valence-electron chi connectivity index (χ0n) is 14.9. The summed E-state index contributed by atoms with van der Waals surface area (Å²) in [5.74, 6) is -0.260. The van der Waals surface area contributed by atoms with Crippen molar-refractivity contribution >= 4 is 35.0 Å². The molecule has 0 radical (unpaired) electrons. The Morgan fingerprint density at radius 2 is 1.78 bits per heavy atom. The second-order valence-corrected chi connectivity index (χ2v) is 7.14. The molecule has 1 heterocycles. The lowest BCUT2D eigenvalue weighted by Gasteiger charge is -2.13. The number of para-hydroxylation sites is 1. The van der Waals surface area contributed by atoms with Crippen LogP contribution in [0.15, 0.2) is 66.1 Å². The highest BCUT2D eigenvalue weighted by Gasteiger charge is 2.18. The van der Waals surface area contributed by atoms with Gasteiger partial charge in [-0.05, 0) is 37.3 Å². The van der Waals surface area contributed by atoms with Crippen molar-refractivity contribution in [1.29, 1.82) is 0 Å². The summed E-state index contributed by atoms with van der Waals surface area (Å²) in [6, 6.07) is 16.6. The van der Waals surface area contributed by atoms with Crippen LogP contribution in [-0.2, 0) is 9.59 Å². The van der Waals surface area contributed by atoms with E-state index < -0.39 is 0 Å². The third-order valence-electron chi connectivity index (χ3n) is 3.65. The number of anilines is 2. The Hall–Kier alpha value is -3.13. The van der Waals surface area contributed by atoms with Crippen LogP contribution in [-0.4, -0.2) is 31.8 Å². The van der Waals surface area contributed by atoms with E-state index in [-0.39, 0.29) is 17.1 Å². The minimum absolute atomic E-state index is 0.118. The summed E-state index contributed by atoms with van der Waals surface area (Å²) in [6.07, 6.45) is 1.58. The number of nitrogens with zero attached hydrogens (tertiary/aromatic N) is 3. The quantitative estimate of drug-likeness (QED) is 0.639. The molecule has 3 rings (SSSR count). The van der Waals surface area contributed by atoms with E-state index in [9.17, 15) is 9.59 Å². The predicted octanol–water partition coefficient (Wildman–Crippen LogP) is 3.35. The molecule has 1 atom stereocenters. The highest BCUT2D eigenvalue weighted by atomic mass is 32.2. The van der Waals surface area contributed by atoms with E-state index in [1.54, 1.807) is 17.0 Å². The fraction of sp³-hybridized carbons (Fsp3) is 0.158. The summed E-state index contributed by atoms with van der Waals surface area (Å²) in [7, 11) is 0. The van der Waals surface area contributed by atoms with Gasteiger partial charge in [0.1, 0.15) is 6.33 Å². The maximum atomic E-state index is 12.4. The molecule has 0 saturated heterocycles. The van der Waals surface area contributed by atoms with Crippen LogP contribution in [0.5, 0.6) is 0 Å². The molecule has 3 aromatic rings. The van der Waals surface area contributed by atoms with Crippen LogP contribution < -0.4 is 10.6 Å². The lowest BCUT2D eigenvalue weighted by molar-refractivity contribution is -0.115. The molecule has 0 unspecified atom stereocenters. The number of aromatic nitrogens is 3. The highest BCUT2D eigenvalue weighted by Crippen LogP contribution is 2.25. The summed E-state index contributed by atoms with van der Waals surface area (Å²) < 4.78 is 1.78. The van der Waals surface area contributed by atoms with Gasteiger partial charge in [-0.1, -0.05) is 36.0 Å². The average Bonchev–Trinajstić information content (AvgIpc) is 3.10. The molecule has 7 nitrogen and oxygen atoms in total. The molecule has 0 fully saturated rings. The third kappa shape index (κ3) is 4.95. The molecule has 0 spiro atoms. The fourth-order valence-corrected chi connectivity index (χ4v) is 3.24. The van der Waals surface area contributed by atoms with E-state index in [0.29, 0.717) is 10.8 Å². The van der Waals surface area contributed by atoms with Crippen LogP contribution in [0.2, 0.25) is 0 Å². The van der Waals surface area contributed by atoms with Crippen molar-refractivity contribution < 1.29 is 9.59 Å². The van der Waals surface area contributed by atoms with Gasteiger partial charge in [0.15, 0.2) is 5.16 Å². The summed E-state index contributed by atoms with van der Waals surface area (Å²) in [5.41, 5.74) is 2.23. The van der Waals surface area contributed by atoms with Gasteiger partial charge >= 0.3 is 0 Å². The molecule has 8 heteroatoms. The molecule has 27 heavy (non-hydrogen) atoms. The van der Waals surface area contributed by atoms with Crippen molar-refractivity contribution in [2.24, 2.45) is 0 Å². The average molecular weight is 381 g/mol. The van der Waals surface area contributed by atoms with Gasteiger partial charge in [0.25, 0.3) is 0 Å². The summed E-state index contributed by atoms with van der Waals surface area (Å²) in [4.78, 5) is 23.7. The Morgan fingerprint density at radius 1 is 1.04 bits per heavy atom. The van der Waals surface area contributed by atoms with Gasteiger partial charge in [0, 0.05) is 18.3 Å². The Morgan fingerprint density at radius 3 is 2.52 bits per heavy atom. The summed E-state index contributed by atoms with van der Waals surface area (Å²) in [6.45, 7) is 3.27. The first kappa shape index (κ1) is 18.7. The molecule has 138 valence electrons. The smallest absolute Gasteiger partial charge is 0.237 e. The lowest BCUT2D eigenvalue weighted by atomic mass is 10.2. The zero-order valence-corrected chi connectivity index (χ0v) is 15.7. The molecule has 0 aliphatic heterocycles. The molecule has 2 aromatic carbocycles. The number of nitrogens with one attached hydrogen (secondary N) is 2. The first-order valence-corrected chi connectivity index (χ1v) is 9.21. The molecule has 0 aliphatic rings. The molecule has 2 amide bonds. The van der Waals surface area contributed by atoms with E-state index >= 15 is 0 Å². The van der Waals surface area contributed by atoms with Gasteiger partial charge in [-0.3, -0.25) is 14.2 Å². The maximum absolute atomic E-state index is 12.4. The number of carbonyl (C=O) groups excluding carboxylic acids is 2. The van der Waals surface area contributed by atoms with Gasteiger partial charge < -0.3 is 10.6 Å². The van der Waals surface area contributed by atoms with Crippen LogP contribution in [0.3, 0.4) is 0 Å². The largest absolute Gasteiger partial charge is 0.326 e. The fourth-order valence-electron chi connectivity index (χ4n) is 2.40. The lowest BCUT2D eigenvalue weighted by Crippen LogP contribution is -2.22.